The molecule has 0 radical (unpaired) electrons. The minimum atomic E-state index is -4.11. The highest BCUT2D eigenvalue weighted by molar-refractivity contribution is 6.05. The summed E-state index contributed by atoms with van der Waals surface area (Å²) in [6.07, 6.45) is -2.27. The van der Waals surface area contributed by atoms with Crippen molar-refractivity contribution >= 4 is 17.7 Å². The van der Waals surface area contributed by atoms with E-state index in [2.05, 4.69) is 10.6 Å². The van der Waals surface area contributed by atoms with Gasteiger partial charge in [0.25, 0.3) is 5.91 Å². The molecular weight excluding hydrogens is 399 g/mol. The highest BCUT2D eigenvalue weighted by atomic mass is 19.4. The van der Waals surface area contributed by atoms with Crippen LogP contribution >= 0.6 is 0 Å². The molecule has 4 rings (SSSR count). The number of alkyl halides is 3. The minimum Gasteiger partial charge on any atom is -0.322 e. The zero-order valence-corrected chi connectivity index (χ0v) is 16.4. The Morgan fingerprint density at radius 1 is 1.07 bits per heavy atom. The number of piperidine rings is 1. The molecule has 2 heterocycles. The smallest absolute Gasteiger partial charge is 0.322 e. The number of imide groups is 1. The molecule has 3 aliphatic rings. The van der Waals surface area contributed by atoms with E-state index in [9.17, 15) is 27.6 Å². The van der Waals surface area contributed by atoms with E-state index in [0.29, 0.717) is 37.9 Å². The van der Waals surface area contributed by atoms with E-state index in [1.807, 2.05) is 12.1 Å². The van der Waals surface area contributed by atoms with Gasteiger partial charge in [0, 0.05) is 31.1 Å². The van der Waals surface area contributed by atoms with Gasteiger partial charge in [0.15, 0.2) is 0 Å². The van der Waals surface area contributed by atoms with Crippen LogP contribution in [0.4, 0.5) is 13.2 Å². The minimum absolute atomic E-state index is 0.0541. The number of carbonyl (C=O) groups is 3. The Bertz CT molecular complexity index is 863. The van der Waals surface area contributed by atoms with Gasteiger partial charge >= 0.3 is 6.18 Å². The molecule has 0 bridgehead atoms. The summed E-state index contributed by atoms with van der Waals surface area (Å²) >= 11 is 0. The van der Waals surface area contributed by atoms with Crippen LogP contribution in [-0.2, 0) is 22.7 Å². The number of halogens is 3. The van der Waals surface area contributed by atoms with Crippen LogP contribution in [0, 0.1) is 5.92 Å². The van der Waals surface area contributed by atoms with Gasteiger partial charge in [-0.2, -0.15) is 13.2 Å². The van der Waals surface area contributed by atoms with Gasteiger partial charge in [-0.1, -0.05) is 12.1 Å². The summed E-state index contributed by atoms with van der Waals surface area (Å²) < 4.78 is 38.4. The molecule has 1 saturated carbocycles. The van der Waals surface area contributed by atoms with Crippen LogP contribution in [0.15, 0.2) is 18.2 Å². The maximum absolute atomic E-state index is 12.8. The van der Waals surface area contributed by atoms with Crippen molar-refractivity contribution in [3.05, 3.63) is 34.9 Å². The second-order valence-corrected chi connectivity index (χ2v) is 8.36. The van der Waals surface area contributed by atoms with Crippen molar-refractivity contribution in [3.8, 4) is 0 Å². The van der Waals surface area contributed by atoms with Crippen LogP contribution in [0.1, 0.15) is 60.0 Å². The molecule has 3 amide bonds. The molecule has 162 valence electrons. The van der Waals surface area contributed by atoms with E-state index in [-0.39, 0.29) is 37.1 Å². The topological polar surface area (TPSA) is 78.5 Å². The number of carbonyl (C=O) groups excluding carboxylic acids is 3. The van der Waals surface area contributed by atoms with Crippen LogP contribution in [-0.4, -0.2) is 40.9 Å². The van der Waals surface area contributed by atoms with Gasteiger partial charge in [-0.25, -0.2) is 0 Å². The molecule has 0 aromatic heterocycles. The van der Waals surface area contributed by atoms with Crippen LogP contribution in [0.2, 0.25) is 0 Å². The van der Waals surface area contributed by atoms with E-state index in [0.717, 1.165) is 11.1 Å². The Morgan fingerprint density at radius 3 is 2.47 bits per heavy atom. The molecule has 1 aromatic carbocycles. The third kappa shape index (κ3) is 4.21. The number of nitrogens with zero attached hydrogens (tertiary/aromatic N) is 1. The fourth-order valence-corrected chi connectivity index (χ4v) is 4.62. The lowest BCUT2D eigenvalue weighted by atomic mass is 9.85. The molecule has 0 spiro atoms. The quantitative estimate of drug-likeness (QED) is 0.730. The fraction of sp³-hybridized carbons (Fsp3) is 0.571. The molecule has 1 saturated heterocycles. The predicted octanol–water partition coefficient (Wildman–Crippen LogP) is 2.66. The lowest BCUT2D eigenvalue weighted by molar-refractivity contribution is -0.182. The number of hydrogen-bond acceptors (Lipinski definition) is 4. The third-order valence-corrected chi connectivity index (χ3v) is 6.37. The molecule has 1 aromatic rings. The molecule has 1 unspecified atom stereocenters. The first-order valence-corrected chi connectivity index (χ1v) is 10.3. The van der Waals surface area contributed by atoms with Crippen molar-refractivity contribution in [3.63, 3.8) is 0 Å². The maximum atomic E-state index is 12.8. The van der Waals surface area contributed by atoms with Gasteiger partial charge in [-0.3, -0.25) is 19.7 Å². The van der Waals surface area contributed by atoms with Crippen LogP contribution < -0.4 is 10.6 Å². The van der Waals surface area contributed by atoms with Gasteiger partial charge < -0.3 is 10.2 Å². The van der Waals surface area contributed by atoms with Crippen molar-refractivity contribution in [2.24, 2.45) is 5.92 Å². The fourth-order valence-electron chi connectivity index (χ4n) is 4.62. The van der Waals surface area contributed by atoms with Crippen LogP contribution in [0.3, 0.4) is 0 Å². The zero-order valence-electron chi connectivity index (χ0n) is 16.4. The van der Waals surface area contributed by atoms with E-state index >= 15 is 0 Å². The summed E-state index contributed by atoms with van der Waals surface area (Å²) in [5.74, 6) is -2.17. The largest absolute Gasteiger partial charge is 0.391 e. The van der Waals surface area contributed by atoms with Crippen molar-refractivity contribution in [2.45, 2.75) is 69.9 Å². The molecule has 30 heavy (non-hydrogen) atoms. The highest BCUT2D eigenvalue weighted by Gasteiger charge is 2.41. The van der Waals surface area contributed by atoms with Crippen molar-refractivity contribution < 1.29 is 27.6 Å². The normalized spacial score (nSPS) is 27.2. The van der Waals surface area contributed by atoms with Crippen LogP contribution in [0.5, 0.6) is 0 Å². The molecule has 2 fully saturated rings. The van der Waals surface area contributed by atoms with Gasteiger partial charge in [0.05, 0.1) is 5.92 Å². The van der Waals surface area contributed by atoms with Crippen molar-refractivity contribution in [2.75, 3.05) is 0 Å². The van der Waals surface area contributed by atoms with Crippen molar-refractivity contribution in [1.29, 1.82) is 0 Å². The zero-order chi connectivity index (χ0) is 21.5. The molecule has 1 atom stereocenters. The first kappa shape index (κ1) is 20.8. The summed E-state index contributed by atoms with van der Waals surface area (Å²) in [6, 6.07) is 4.89. The monoisotopic (exact) mass is 423 g/mol. The molecule has 2 aliphatic heterocycles. The van der Waals surface area contributed by atoms with E-state index in [1.165, 1.54) is 4.90 Å². The molecular formula is C21H24F3N3O3. The number of benzene rings is 1. The van der Waals surface area contributed by atoms with Crippen LogP contribution in [0.25, 0.3) is 0 Å². The summed E-state index contributed by atoms with van der Waals surface area (Å²) in [6.45, 7) is 0.826. The van der Waals surface area contributed by atoms with Crippen molar-refractivity contribution in [1.82, 2.24) is 15.5 Å². The molecule has 6 nitrogen and oxygen atoms in total. The lowest BCUT2D eigenvalue weighted by Crippen LogP contribution is -2.52. The molecule has 9 heteroatoms. The predicted molar refractivity (Wildman–Crippen MR) is 101 cm³/mol. The Labute approximate surface area is 172 Å². The molecule has 2 N–H and O–H groups in total. The van der Waals surface area contributed by atoms with E-state index in [1.54, 1.807) is 6.07 Å². The van der Waals surface area contributed by atoms with E-state index in [4.69, 9.17) is 0 Å². The van der Waals surface area contributed by atoms with Gasteiger partial charge in [-0.05, 0) is 49.3 Å². The number of rotatable bonds is 4. The number of fused-ring (bicyclic) bond motifs is 1. The Hall–Kier alpha value is -2.42. The Kier molecular flexibility index (Phi) is 5.57. The summed E-state index contributed by atoms with van der Waals surface area (Å²) in [5.41, 5.74) is 2.32. The van der Waals surface area contributed by atoms with Gasteiger partial charge in [0.2, 0.25) is 11.8 Å². The summed E-state index contributed by atoms with van der Waals surface area (Å²) in [4.78, 5) is 37.7. The molecule has 1 aliphatic carbocycles. The number of nitrogens with one attached hydrogen (secondary N) is 2. The second kappa shape index (κ2) is 8.02. The third-order valence-electron chi connectivity index (χ3n) is 6.37. The second-order valence-electron chi connectivity index (χ2n) is 8.36. The first-order valence-electron chi connectivity index (χ1n) is 10.3. The summed E-state index contributed by atoms with van der Waals surface area (Å²) in [5, 5.41) is 5.61. The first-order chi connectivity index (χ1) is 14.2. The Morgan fingerprint density at radius 2 is 1.80 bits per heavy atom. The maximum Gasteiger partial charge on any atom is 0.391 e. The number of amides is 3. The Balaban J connectivity index is 1.34. The lowest BCUT2D eigenvalue weighted by Gasteiger charge is -2.30. The highest BCUT2D eigenvalue weighted by Crippen LogP contribution is 2.37. The number of hydrogen-bond donors (Lipinski definition) is 2. The standard InChI is InChI=1S/C21H24F3N3O3/c22-21(23,24)14-2-4-15(5-3-14)25-10-12-1-6-16-13(9-12)11-27(20(16)30)17-7-8-18(28)26-19(17)29/h1,6,9,14-15,17,25H,2-5,7-8,10-11H2,(H,26,28,29)/t14-,15+,17?. The average molecular weight is 423 g/mol. The summed E-state index contributed by atoms with van der Waals surface area (Å²) in [7, 11) is 0. The SMILES string of the molecule is O=C1CCC(N2Cc3cc(CN[C@H]4CC[C@@H](C(F)(F)F)CC4)ccc3C2=O)C(=O)N1. The average Bonchev–Trinajstić information content (AvgIpc) is 3.02. The van der Waals surface area contributed by atoms with Gasteiger partial charge in [0.1, 0.15) is 6.04 Å². The van der Waals surface area contributed by atoms with E-state index < -0.39 is 24.0 Å². The van der Waals surface area contributed by atoms with Gasteiger partial charge in [-0.15, -0.1) is 0 Å².